The molecule has 0 unspecified atom stereocenters. The fourth-order valence-electron chi connectivity index (χ4n) is 2.30. The molecule has 0 heterocycles. The van der Waals surface area contributed by atoms with Gasteiger partial charge in [0.05, 0.1) is 27.9 Å². The van der Waals surface area contributed by atoms with Crippen LogP contribution in [-0.2, 0) is 4.79 Å². The smallest absolute Gasteiger partial charge is 0.243 e. The Kier molecular flexibility index (Phi) is 5.89. The summed E-state index contributed by atoms with van der Waals surface area (Å²) in [4.78, 5) is 12.1. The first kappa shape index (κ1) is 17.5. The van der Waals surface area contributed by atoms with E-state index in [1.807, 2.05) is 31.2 Å². The molecular weight excluding hydrogens is 308 g/mol. The first-order chi connectivity index (χ1) is 11.6. The third kappa shape index (κ3) is 4.32. The van der Waals surface area contributed by atoms with Crippen LogP contribution in [0.5, 0.6) is 17.2 Å². The van der Waals surface area contributed by atoms with E-state index in [2.05, 4.69) is 10.6 Å². The van der Waals surface area contributed by atoms with E-state index in [1.54, 1.807) is 12.1 Å². The van der Waals surface area contributed by atoms with E-state index in [4.69, 9.17) is 14.2 Å². The molecule has 0 aliphatic carbocycles. The van der Waals surface area contributed by atoms with Crippen LogP contribution in [0.1, 0.15) is 5.56 Å². The third-order valence-corrected chi connectivity index (χ3v) is 3.42. The monoisotopic (exact) mass is 330 g/mol. The predicted octanol–water partition coefficient (Wildman–Crippen LogP) is 3.07. The van der Waals surface area contributed by atoms with E-state index in [-0.39, 0.29) is 12.5 Å². The number of amides is 1. The number of benzene rings is 2. The van der Waals surface area contributed by atoms with Gasteiger partial charge in [-0.25, -0.2) is 0 Å². The Morgan fingerprint density at radius 3 is 2.17 bits per heavy atom. The normalized spacial score (nSPS) is 10.0. The summed E-state index contributed by atoms with van der Waals surface area (Å²) in [6, 6.07) is 11.2. The van der Waals surface area contributed by atoms with Gasteiger partial charge in [-0.05, 0) is 24.6 Å². The molecule has 0 bridgehead atoms. The van der Waals surface area contributed by atoms with Gasteiger partial charge >= 0.3 is 0 Å². The van der Waals surface area contributed by atoms with E-state index >= 15 is 0 Å². The van der Waals surface area contributed by atoms with Crippen molar-refractivity contribution in [3.8, 4) is 17.2 Å². The maximum absolute atomic E-state index is 12.1. The lowest BCUT2D eigenvalue weighted by molar-refractivity contribution is -0.114. The molecule has 0 atom stereocenters. The van der Waals surface area contributed by atoms with Gasteiger partial charge in [0.15, 0.2) is 11.5 Å². The zero-order chi connectivity index (χ0) is 17.5. The van der Waals surface area contributed by atoms with Crippen LogP contribution in [-0.4, -0.2) is 33.8 Å². The molecule has 0 aliphatic heterocycles. The van der Waals surface area contributed by atoms with Gasteiger partial charge in [-0.1, -0.05) is 12.1 Å². The van der Waals surface area contributed by atoms with Crippen molar-refractivity contribution in [3.05, 3.63) is 42.0 Å². The Bertz CT molecular complexity index is 691. The van der Waals surface area contributed by atoms with Crippen molar-refractivity contribution in [1.29, 1.82) is 0 Å². The van der Waals surface area contributed by atoms with Crippen molar-refractivity contribution in [2.45, 2.75) is 6.92 Å². The van der Waals surface area contributed by atoms with E-state index in [0.29, 0.717) is 22.9 Å². The molecule has 0 saturated carbocycles. The SMILES string of the molecule is COc1cc(NC(=O)CNc2cccc(C)c2)cc(OC)c1OC. The maximum Gasteiger partial charge on any atom is 0.243 e. The predicted molar refractivity (Wildman–Crippen MR) is 94.4 cm³/mol. The molecular formula is C18H22N2O4. The summed E-state index contributed by atoms with van der Waals surface area (Å²) >= 11 is 0. The van der Waals surface area contributed by atoms with E-state index in [9.17, 15) is 4.79 Å². The minimum Gasteiger partial charge on any atom is -0.493 e. The van der Waals surface area contributed by atoms with Crippen LogP contribution >= 0.6 is 0 Å². The minimum absolute atomic E-state index is 0.153. The third-order valence-electron chi connectivity index (χ3n) is 3.42. The average molecular weight is 330 g/mol. The summed E-state index contributed by atoms with van der Waals surface area (Å²) < 4.78 is 15.8. The Balaban J connectivity index is 2.05. The van der Waals surface area contributed by atoms with Gasteiger partial charge in [0.2, 0.25) is 11.7 Å². The number of rotatable bonds is 7. The molecule has 0 spiro atoms. The van der Waals surface area contributed by atoms with Gasteiger partial charge in [0, 0.05) is 23.5 Å². The average Bonchev–Trinajstić information content (AvgIpc) is 2.59. The molecule has 2 N–H and O–H groups in total. The summed E-state index contributed by atoms with van der Waals surface area (Å²) in [5.74, 6) is 1.28. The second-order valence-electron chi connectivity index (χ2n) is 5.19. The molecule has 128 valence electrons. The molecule has 6 nitrogen and oxygen atoms in total. The molecule has 0 aliphatic rings. The molecule has 0 aromatic heterocycles. The van der Waals surface area contributed by atoms with Gasteiger partial charge in [0.25, 0.3) is 0 Å². The molecule has 6 heteroatoms. The summed E-state index contributed by atoms with van der Waals surface area (Å²) in [5.41, 5.74) is 2.60. The molecule has 1 amide bonds. The fourth-order valence-corrected chi connectivity index (χ4v) is 2.30. The van der Waals surface area contributed by atoms with Crippen LogP contribution in [0, 0.1) is 6.92 Å². The van der Waals surface area contributed by atoms with Crippen molar-refractivity contribution < 1.29 is 19.0 Å². The minimum atomic E-state index is -0.175. The molecule has 2 aromatic carbocycles. The summed E-state index contributed by atoms with van der Waals surface area (Å²) in [6.07, 6.45) is 0. The Labute approximate surface area is 141 Å². The first-order valence-corrected chi connectivity index (χ1v) is 7.47. The van der Waals surface area contributed by atoms with Gasteiger partial charge < -0.3 is 24.8 Å². The number of aryl methyl sites for hydroxylation is 1. The highest BCUT2D eigenvalue weighted by molar-refractivity contribution is 5.94. The zero-order valence-corrected chi connectivity index (χ0v) is 14.3. The number of carbonyl (C=O) groups is 1. The highest BCUT2D eigenvalue weighted by Crippen LogP contribution is 2.39. The van der Waals surface area contributed by atoms with E-state index in [1.165, 1.54) is 21.3 Å². The van der Waals surface area contributed by atoms with E-state index < -0.39 is 0 Å². The topological polar surface area (TPSA) is 68.8 Å². The number of methoxy groups -OCH3 is 3. The highest BCUT2D eigenvalue weighted by atomic mass is 16.5. The van der Waals surface area contributed by atoms with Crippen LogP contribution < -0.4 is 24.8 Å². The first-order valence-electron chi connectivity index (χ1n) is 7.47. The van der Waals surface area contributed by atoms with Crippen molar-refractivity contribution in [3.63, 3.8) is 0 Å². The lowest BCUT2D eigenvalue weighted by Gasteiger charge is -2.15. The van der Waals surface area contributed by atoms with Crippen LogP contribution in [0.25, 0.3) is 0 Å². The van der Waals surface area contributed by atoms with Crippen molar-refractivity contribution in [1.82, 2.24) is 0 Å². The number of nitrogens with one attached hydrogen (secondary N) is 2. The maximum atomic E-state index is 12.1. The number of hydrogen-bond donors (Lipinski definition) is 2. The molecule has 2 aromatic rings. The summed E-state index contributed by atoms with van der Waals surface area (Å²) in [7, 11) is 4.59. The molecule has 0 radical (unpaired) electrons. The van der Waals surface area contributed by atoms with Gasteiger partial charge in [-0.15, -0.1) is 0 Å². The zero-order valence-electron chi connectivity index (χ0n) is 14.3. The van der Waals surface area contributed by atoms with Crippen LogP contribution in [0.3, 0.4) is 0 Å². The van der Waals surface area contributed by atoms with Crippen molar-refractivity contribution >= 4 is 17.3 Å². The second kappa shape index (κ2) is 8.10. The van der Waals surface area contributed by atoms with E-state index in [0.717, 1.165) is 11.3 Å². The quantitative estimate of drug-likeness (QED) is 0.816. The van der Waals surface area contributed by atoms with Gasteiger partial charge in [-0.2, -0.15) is 0 Å². The standard InChI is InChI=1S/C18H22N2O4/c1-12-6-5-7-13(8-12)19-11-17(21)20-14-9-15(22-2)18(24-4)16(10-14)23-3/h5-10,19H,11H2,1-4H3,(H,20,21). The van der Waals surface area contributed by atoms with Crippen LogP contribution in [0.4, 0.5) is 11.4 Å². The Morgan fingerprint density at radius 1 is 0.958 bits per heavy atom. The lowest BCUT2D eigenvalue weighted by Crippen LogP contribution is -2.21. The molecule has 0 fully saturated rings. The summed E-state index contributed by atoms with van der Waals surface area (Å²) in [6.45, 7) is 2.15. The van der Waals surface area contributed by atoms with Gasteiger partial charge in [0.1, 0.15) is 0 Å². The van der Waals surface area contributed by atoms with Crippen molar-refractivity contribution in [2.24, 2.45) is 0 Å². The van der Waals surface area contributed by atoms with Crippen LogP contribution in [0.15, 0.2) is 36.4 Å². The Hall–Kier alpha value is -2.89. The molecule has 2 rings (SSSR count). The molecule has 0 saturated heterocycles. The second-order valence-corrected chi connectivity index (χ2v) is 5.19. The fraction of sp³-hybridized carbons (Fsp3) is 0.278. The van der Waals surface area contributed by atoms with Crippen LogP contribution in [0.2, 0.25) is 0 Å². The van der Waals surface area contributed by atoms with Crippen molar-refractivity contribution in [2.75, 3.05) is 38.5 Å². The summed E-state index contributed by atoms with van der Waals surface area (Å²) in [5, 5.41) is 5.90. The molecule has 24 heavy (non-hydrogen) atoms. The number of hydrogen-bond acceptors (Lipinski definition) is 5. The number of carbonyl (C=O) groups excluding carboxylic acids is 1. The number of ether oxygens (including phenoxy) is 3. The Morgan fingerprint density at radius 2 is 1.62 bits per heavy atom. The van der Waals surface area contributed by atoms with Gasteiger partial charge in [-0.3, -0.25) is 4.79 Å². The largest absolute Gasteiger partial charge is 0.493 e. The highest BCUT2D eigenvalue weighted by Gasteiger charge is 2.14. The lowest BCUT2D eigenvalue weighted by atomic mass is 10.2. The number of anilines is 2.